The molecule has 1 heterocycles. The molecule has 152 valence electrons. The Morgan fingerprint density at radius 2 is 1.96 bits per heavy atom. The number of morpholine rings is 1. The minimum absolute atomic E-state index is 0.0370. The van der Waals surface area contributed by atoms with Crippen molar-refractivity contribution in [2.24, 2.45) is 5.73 Å². The van der Waals surface area contributed by atoms with Crippen molar-refractivity contribution in [1.29, 1.82) is 0 Å². The summed E-state index contributed by atoms with van der Waals surface area (Å²) in [5, 5.41) is 0. The Bertz CT molecular complexity index is 610. The molecule has 1 aliphatic heterocycles. The number of nitrogens with two attached hydrogens (primary N) is 1. The van der Waals surface area contributed by atoms with E-state index in [0.717, 1.165) is 49.4 Å². The predicted octanol–water partition coefficient (Wildman–Crippen LogP) is 2.61. The van der Waals surface area contributed by atoms with Gasteiger partial charge in [-0.15, -0.1) is 0 Å². The third-order valence-electron chi connectivity index (χ3n) is 5.25. The molecule has 1 saturated heterocycles. The summed E-state index contributed by atoms with van der Waals surface area (Å²) in [6.45, 7) is 11.7. The fourth-order valence-electron chi connectivity index (χ4n) is 4.04. The second kappa shape index (κ2) is 9.53. The lowest BCUT2D eigenvalue weighted by Gasteiger charge is -2.38. The van der Waals surface area contributed by atoms with Crippen LogP contribution in [0.1, 0.15) is 32.3 Å². The van der Waals surface area contributed by atoms with Crippen LogP contribution >= 0.6 is 0 Å². The quantitative estimate of drug-likeness (QED) is 0.530. The van der Waals surface area contributed by atoms with E-state index in [4.69, 9.17) is 15.2 Å². The zero-order valence-corrected chi connectivity index (χ0v) is 17.4. The van der Waals surface area contributed by atoms with Gasteiger partial charge < -0.3 is 19.7 Å². The van der Waals surface area contributed by atoms with Gasteiger partial charge in [0.15, 0.2) is 0 Å². The van der Waals surface area contributed by atoms with Gasteiger partial charge in [0.25, 0.3) is 0 Å². The lowest BCUT2D eigenvalue weighted by molar-refractivity contribution is -0.894. The van der Waals surface area contributed by atoms with Crippen molar-refractivity contribution < 1.29 is 18.8 Å². The first kappa shape index (κ1) is 21.7. The highest BCUT2D eigenvalue weighted by Gasteiger charge is 2.30. The van der Waals surface area contributed by atoms with Crippen molar-refractivity contribution in [3.05, 3.63) is 29.8 Å². The third-order valence-corrected chi connectivity index (χ3v) is 5.25. The van der Waals surface area contributed by atoms with Gasteiger partial charge >= 0.3 is 6.09 Å². The predicted molar refractivity (Wildman–Crippen MR) is 108 cm³/mol. The highest BCUT2D eigenvalue weighted by Crippen LogP contribution is 2.29. The number of ether oxygens (including phenoxy) is 2. The van der Waals surface area contributed by atoms with Gasteiger partial charge in [-0.1, -0.05) is 26.0 Å². The van der Waals surface area contributed by atoms with Gasteiger partial charge in [0.1, 0.15) is 5.75 Å². The van der Waals surface area contributed by atoms with Crippen molar-refractivity contribution >= 4 is 6.09 Å². The minimum Gasteiger partial charge on any atom is -0.410 e. The van der Waals surface area contributed by atoms with Crippen LogP contribution in [0.3, 0.4) is 0 Å². The van der Waals surface area contributed by atoms with Crippen LogP contribution in [0.15, 0.2) is 24.3 Å². The van der Waals surface area contributed by atoms with Gasteiger partial charge in [-0.2, -0.15) is 0 Å². The Morgan fingerprint density at radius 1 is 1.26 bits per heavy atom. The number of quaternary nitrogens is 1. The lowest BCUT2D eigenvalue weighted by atomic mass is 9.83. The van der Waals surface area contributed by atoms with Crippen LogP contribution in [0, 0.1) is 0 Å². The van der Waals surface area contributed by atoms with Crippen LogP contribution in [0.4, 0.5) is 4.79 Å². The number of amides is 1. The van der Waals surface area contributed by atoms with E-state index in [1.807, 2.05) is 12.1 Å². The highest BCUT2D eigenvalue weighted by atomic mass is 16.5. The Labute approximate surface area is 163 Å². The average molecular weight is 379 g/mol. The molecule has 1 aliphatic rings. The maximum Gasteiger partial charge on any atom is 0.409 e. The van der Waals surface area contributed by atoms with Gasteiger partial charge in [-0.25, -0.2) is 4.79 Å². The number of likely N-dealkylation sites (N-methyl/N-ethyl adjacent to an activating group) is 1. The van der Waals surface area contributed by atoms with Crippen molar-refractivity contribution in [3.8, 4) is 5.75 Å². The summed E-state index contributed by atoms with van der Waals surface area (Å²) in [5.74, 6) is 0.504. The maximum atomic E-state index is 11.0. The molecule has 1 amide bonds. The number of rotatable bonds is 9. The van der Waals surface area contributed by atoms with E-state index in [1.54, 1.807) is 6.07 Å². The Hall–Kier alpha value is -1.63. The van der Waals surface area contributed by atoms with Crippen LogP contribution in [-0.4, -0.2) is 75.5 Å². The molecular formula is C21H36N3O3+. The van der Waals surface area contributed by atoms with Crippen molar-refractivity contribution in [2.75, 3.05) is 60.0 Å². The van der Waals surface area contributed by atoms with Crippen LogP contribution < -0.4 is 10.5 Å². The Kier molecular flexibility index (Phi) is 7.65. The molecule has 27 heavy (non-hydrogen) atoms. The Morgan fingerprint density at radius 3 is 2.63 bits per heavy atom. The van der Waals surface area contributed by atoms with E-state index >= 15 is 0 Å². The van der Waals surface area contributed by atoms with Gasteiger partial charge in [0.05, 0.1) is 40.4 Å². The van der Waals surface area contributed by atoms with E-state index < -0.39 is 6.09 Å². The molecule has 0 atom stereocenters. The van der Waals surface area contributed by atoms with Crippen molar-refractivity contribution in [2.45, 2.75) is 32.1 Å². The molecule has 0 spiro atoms. The molecule has 1 fully saturated rings. The summed E-state index contributed by atoms with van der Waals surface area (Å²) in [4.78, 5) is 13.5. The third kappa shape index (κ3) is 7.48. The average Bonchev–Trinajstić information content (AvgIpc) is 2.58. The zero-order valence-electron chi connectivity index (χ0n) is 17.4. The van der Waals surface area contributed by atoms with Gasteiger partial charge in [0, 0.05) is 18.5 Å². The zero-order chi connectivity index (χ0) is 19.9. The molecule has 2 N–H and O–H groups in total. The molecule has 6 nitrogen and oxygen atoms in total. The van der Waals surface area contributed by atoms with E-state index in [1.165, 1.54) is 19.4 Å². The summed E-state index contributed by atoms with van der Waals surface area (Å²) in [6.07, 6.45) is 1.66. The number of unbranched alkanes of at least 4 members (excludes halogenated alkanes) is 1. The first-order chi connectivity index (χ1) is 12.7. The highest BCUT2D eigenvalue weighted by molar-refractivity contribution is 5.68. The normalized spacial score (nSPS) is 16.3. The molecule has 1 aromatic carbocycles. The number of hydrogen-bond donors (Lipinski definition) is 1. The molecule has 6 heteroatoms. The monoisotopic (exact) mass is 378 g/mol. The van der Waals surface area contributed by atoms with E-state index in [0.29, 0.717) is 5.75 Å². The van der Waals surface area contributed by atoms with Crippen LogP contribution in [0.25, 0.3) is 0 Å². The van der Waals surface area contributed by atoms with Crippen LogP contribution in [-0.2, 0) is 10.2 Å². The number of nitrogens with zero attached hydrogens (tertiary/aromatic N) is 2. The topological polar surface area (TPSA) is 64.8 Å². The van der Waals surface area contributed by atoms with Gasteiger partial charge in [-0.05, 0) is 37.1 Å². The number of benzene rings is 1. The summed E-state index contributed by atoms with van der Waals surface area (Å²) in [7, 11) is 4.58. The number of primary amides is 1. The first-order valence-corrected chi connectivity index (χ1v) is 9.88. The second-order valence-electron chi connectivity index (χ2n) is 8.81. The summed E-state index contributed by atoms with van der Waals surface area (Å²) >= 11 is 0. The number of carbonyl (C=O) groups excluding carboxylic acids is 1. The molecule has 0 saturated carbocycles. The van der Waals surface area contributed by atoms with E-state index in [2.05, 4.69) is 38.9 Å². The minimum atomic E-state index is -0.777. The molecule has 0 radical (unpaired) electrons. The lowest BCUT2D eigenvalue weighted by Crippen LogP contribution is -2.48. The fraction of sp³-hybridized carbons (Fsp3) is 0.667. The summed E-state index contributed by atoms with van der Waals surface area (Å²) < 4.78 is 11.4. The van der Waals surface area contributed by atoms with E-state index in [9.17, 15) is 4.79 Å². The van der Waals surface area contributed by atoms with Gasteiger partial charge in [-0.3, -0.25) is 4.90 Å². The summed E-state index contributed by atoms with van der Waals surface area (Å²) in [5.41, 5.74) is 6.25. The number of carbonyl (C=O) groups is 1. The van der Waals surface area contributed by atoms with Crippen molar-refractivity contribution in [3.63, 3.8) is 0 Å². The molecule has 2 rings (SSSR count). The standard InChI is InChI=1S/C21H35N3O3/c1-21(2,18-8-7-9-19(16-18)27-20(22)25)17-24(3,4)13-6-5-10-23-11-14-26-15-12-23/h7-9,16H,5-6,10-15,17H2,1-4H3,(H-,22,25)/p+1. The molecule has 0 bridgehead atoms. The fourth-order valence-corrected chi connectivity index (χ4v) is 4.04. The molecule has 0 unspecified atom stereocenters. The van der Waals surface area contributed by atoms with Gasteiger partial charge in [0.2, 0.25) is 0 Å². The first-order valence-electron chi connectivity index (χ1n) is 9.88. The van der Waals surface area contributed by atoms with Crippen LogP contribution in [0.2, 0.25) is 0 Å². The maximum absolute atomic E-state index is 11.0. The molecular weight excluding hydrogens is 342 g/mol. The summed E-state index contributed by atoms with van der Waals surface area (Å²) in [6, 6.07) is 7.68. The number of hydrogen-bond acceptors (Lipinski definition) is 4. The van der Waals surface area contributed by atoms with Crippen molar-refractivity contribution in [1.82, 2.24) is 4.90 Å². The second-order valence-corrected chi connectivity index (χ2v) is 8.81. The SMILES string of the molecule is CC(C)(C[N+](C)(C)CCCCN1CCOCC1)c1cccc(OC(N)=O)c1. The van der Waals surface area contributed by atoms with E-state index in [-0.39, 0.29) is 5.41 Å². The Balaban J connectivity index is 1.85. The molecule has 0 aromatic heterocycles. The molecule has 1 aromatic rings. The largest absolute Gasteiger partial charge is 0.410 e. The molecule has 0 aliphatic carbocycles. The van der Waals surface area contributed by atoms with Crippen LogP contribution in [0.5, 0.6) is 5.75 Å². The smallest absolute Gasteiger partial charge is 0.409 e.